The third-order valence-corrected chi connectivity index (χ3v) is 4.41. The average molecular weight is 311 g/mol. The topological polar surface area (TPSA) is 39.2 Å². The lowest BCUT2D eigenvalue weighted by Gasteiger charge is -2.05. The summed E-state index contributed by atoms with van der Waals surface area (Å²) in [6, 6.07) is 15.1. The van der Waals surface area contributed by atoms with Crippen molar-refractivity contribution in [3.05, 3.63) is 59.1 Å². The molecule has 0 saturated carbocycles. The van der Waals surface area contributed by atoms with Gasteiger partial charge >= 0.3 is 0 Å². The highest BCUT2D eigenvalue weighted by atomic mass is 32.1. The SMILES string of the molecule is CCCCOc1ccc(C(=O)c2nc3ccccc3s2)cc1. The number of carbonyl (C=O) groups excluding carboxylic acids is 1. The second-order valence-corrected chi connectivity index (χ2v) is 6.07. The Kier molecular flexibility index (Phi) is 4.49. The minimum absolute atomic E-state index is 0.0405. The largest absolute Gasteiger partial charge is 0.494 e. The molecule has 0 amide bonds. The van der Waals surface area contributed by atoms with Crippen molar-refractivity contribution in [3.63, 3.8) is 0 Å². The molecule has 0 fully saturated rings. The highest BCUT2D eigenvalue weighted by Gasteiger charge is 2.14. The molecule has 2 aromatic carbocycles. The predicted octanol–water partition coefficient (Wildman–Crippen LogP) is 4.71. The second-order valence-electron chi connectivity index (χ2n) is 5.04. The molecule has 0 aliphatic rings. The molecule has 0 radical (unpaired) electrons. The van der Waals surface area contributed by atoms with Crippen molar-refractivity contribution in [2.75, 3.05) is 6.61 Å². The molecule has 3 nitrogen and oxygen atoms in total. The zero-order valence-electron chi connectivity index (χ0n) is 12.4. The van der Waals surface area contributed by atoms with Crippen LogP contribution in [0.5, 0.6) is 5.75 Å². The Morgan fingerprint density at radius 3 is 2.64 bits per heavy atom. The van der Waals surface area contributed by atoms with Gasteiger partial charge < -0.3 is 4.74 Å². The summed E-state index contributed by atoms with van der Waals surface area (Å²) in [7, 11) is 0. The number of thiazole rings is 1. The Balaban J connectivity index is 1.76. The molecule has 3 rings (SSSR count). The number of para-hydroxylation sites is 1. The minimum atomic E-state index is -0.0405. The summed E-state index contributed by atoms with van der Waals surface area (Å²) >= 11 is 1.43. The first-order chi connectivity index (χ1) is 10.8. The summed E-state index contributed by atoms with van der Waals surface area (Å²) in [6.45, 7) is 2.84. The summed E-state index contributed by atoms with van der Waals surface area (Å²) < 4.78 is 6.64. The number of hydrogen-bond acceptors (Lipinski definition) is 4. The molecule has 1 aromatic heterocycles. The molecule has 4 heteroatoms. The van der Waals surface area contributed by atoms with E-state index in [1.807, 2.05) is 36.4 Å². The number of aromatic nitrogens is 1. The van der Waals surface area contributed by atoms with Crippen molar-refractivity contribution in [1.29, 1.82) is 0 Å². The molecule has 0 unspecified atom stereocenters. The lowest BCUT2D eigenvalue weighted by atomic mass is 10.1. The maximum absolute atomic E-state index is 12.5. The molecule has 0 bridgehead atoms. The number of benzene rings is 2. The van der Waals surface area contributed by atoms with Gasteiger partial charge in [0, 0.05) is 5.56 Å². The normalized spacial score (nSPS) is 10.8. The van der Waals surface area contributed by atoms with E-state index < -0.39 is 0 Å². The van der Waals surface area contributed by atoms with E-state index in [0.29, 0.717) is 17.2 Å². The number of fused-ring (bicyclic) bond motifs is 1. The van der Waals surface area contributed by atoms with Gasteiger partial charge in [-0.1, -0.05) is 25.5 Å². The van der Waals surface area contributed by atoms with Crippen LogP contribution in [0, 0.1) is 0 Å². The van der Waals surface area contributed by atoms with Crippen molar-refractivity contribution in [2.45, 2.75) is 19.8 Å². The number of ether oxygens (including phenoxy) is 1. The quantitative estimate of drug-likeness (QED) is 0.489. The standard InChI is InChI=1S/C18H17NO2S/c1-2-3-12-21-14-10-8-13(9-11-14)17(20)18-19-15-6-4-5-7-16(15)22-18/h4-11H,2-3,12H2,1H3. The van der Waals surface area contributed by atoms with Crippen LogP contribution >= 0.6 is 11.3 Å². The van der Waals surface area contributed by atoms with E-state index in [1.165, 1.54) is 11.3 Å². The molecular weight excluding hydrogens is 294 g/mol. The van der Waals surface area contributed by atoms with Gasteiger partial charge in [0.05, 0.1) is 16.8 Å². The smallest absolute Gasteiger partial charge is 0.221 e. The molecule has 0 aliphatic carbocycles. The van der Waals surface area contributed by atoms with Gasteiger partial charge in [0.1, 0.15) is 5.75 Å². The zero-order valence-corrected chi connectivity index (χ0v) is 13.2. The zero-order chi connectivity index (χ0) is 15.4. The lowest BCUT2D eigenvalue weighted by Crippen LogP contribution is -2.01. The molecule has 0 N–H and O–H groups in total. The van der Waals surface area contributed by atoms with Gasteiger partial charge in [0.2, 0.25) is 5.78 Å². The third kappa shape index (κ3) is 3.17. The molecule has 0 spiro atoms. The Bertz CT molecular complexity index is 744. The predicted molar refractivity (Wildman–Crippen MR) is 89.9 cm³/mol. The molecular formula is C18H17NO2S. The highest BCUT2D eigenvalue weighted by Crippen LogP contribution is 2.24. The van der Waals surface area contributed by atoms with E-state index in [-0.39, 0.29) is 5.78 Å². The fourth-order valence-electron chi connectivity index (χ4n) is 2.13. The maximum atomic E-state index is 12.5. The third-order valence-electron chi connectivity index (χ3n) is 3.37. The van der Waals surface area contributed by atoms with Crippen LogP contribution in [0.3, 0.4) is 0 Å². The van der Waals surface area contributed by atoms with Crippen LogP contribution in [-0.4, -0.2) is 17.4 Å². The van der Waals surface area contributed by atoms with E-state index in [9.17, 15) is 4.79 Å². The Labute approximate surface area is 133 Å². The number of nitrogens with zero attached hydrogens (tertiary/aromatic N) is 1. The Morgan fingerprint density at radius 2 is 1.91 bits per heavy atom. The van der Waals surface area contributed by atoms with Crippen molar-refractivity contribution in [1.82, 2.24) is 4.98 Å². The van der Waals surface area contributed by atoms with E-state index in [1.54, 1.807) is 12.1 Å². The Morgan fingerprint density at radius 1 is 1.14 bits per heavy atom. The van der Waals surface area contributed by atoms with Crippen LogP contribution in [0.4, 0.5) is 0 Å². The van der Waals surface area contributed by atoms with Crippen LogP contribution in [0.15, 0.2) is 48.5 Å². The molecule has 0 atom stereocenters. The summed E-state index contributed by atoms with van der Waals surface area (Å²) in [5.74, 6) is 0.760. The van der Waals surface area contributed by atoms with Gasteiger partial charge in [-0.15, -0.1) is 11.3 Å². The fraction of sp³-hybridized carbons (Fsp3) is 0.222. The van der Waals surface area contributed by atoms with Gasteiger partial charge in [-0.3, -0.25) is 4.79 Å². The highest BCUT2D eigenvalue weighted by molar-refractivity contribution is 7.20. The lowest BCUT2D eigenvalue weighted by molar-refractivity contribution is 0.103. The summed E-state index contributed by atoms with van der Waals surface area (Å²) in [5, 5.41) is 0.529. The summed E-state index contributed by atoms with van der Waals surface area (Å²) in [4.78, 5) is 16.9. The Hall–Kier alpha value is -2.20. The van der Waals surface area contributed by atoms with Gasteiger partial charge in [0.25, 0.3) is 0 Å². The van der Waals surface area contributed by atoms with Crippen molar-refractivity contribution in [2.24, 2.45) is 0 Å². The van der Waals surface area contributed by atoms with Crippen LogP contribution < -0.4 is 4.74 Å². The molecule has 0 saturated heterocycles. The van der Waals surface area contributed by atoms with E-state index in [2.05, 4.69) is 11.9 Å². The maximum Gasteiger partial charge on any atom is 0.221 e. The molecule has 22 heavy (non-hydrogen) atoms. The monoisotopic (exact) mass is 311 g/mol. The van der Waals surface area contributed by atoms with Gasteiger partial charge in [-0.25, -0.2) is 4.98 Å². The van der Waals surface area contributed by atoms with Crippen LogP contribution in [0.25, 0.3) is 10.2 Å². The van der Waals surface area contributed by atoms with Gasteiger partial charge in [0.15, 0.2) is 5.01 Å². The molecule has 0 aliphatic heterocycles. The number of hydrogen-bond donors (Lipinski definition) is 0. The molecule has 3 aromatic rings. The number of unbranched alkanes of at least 4 members (excludes halogenated alkanes) is 1. The van der Waals surface area contributed by atoms with Crippen LogP contribution in [-0.2, 0) is 0 Å². The van der Waals surface area contributed by atoms with Gasteiger partial charge in [-0.05, 0) is 42.8 Å². The van der Waals surface area contributed by atoms with Crippen molar-refractivity contribution >= 4 is 27.3 Å². The number of carbonyl (C=O) groups is 1. The van der Waals surface area contributed by atoms with Crippen LogP contribution in [0.1, 0.15) is 35.1 Å². The number of rotatable bonds is 6. The second kappa shape index (κ2) is 6.71. The fourth-order valence-corrected chi connectivity index (χ4v) is 3.06. The first-order valence-corrected chi connectivity index (χ1v) is 8.22. The van der Waals surface area contributed by atoms with Crippen molar-refractivity contribution < 1.29 is 9.53 Å². The van der Waals surface area contributed by atoms with Crippen molar-refractivity contribution in [3.8, 4) is 5.75 Å². The van der Waals surface area contributed by atoms with E-state index in [0.717, 1.165) is 28.8 Å². The first-order valence-electron chi connectivity index (χ1n) is 7.41. The first kappa shape index (κ1) is 14.7. The van der Waals surface area contributed by atoms with Gasteiger partial charge in [-0.2, -0.15) is 0 Å². The van der Waals surface area contributed by atoms with Crippen LogP contribution in [0.2, 0.25) is 0 Å². The molecule has 112 valence electrons. The molecule has 1 heterocycles. The summed E-state index contributed by atoms with van der Waals surface area (Å²) in [5.41, 5.74) is 1.51. The van der Waals surface area contributed by atoms with E-state index in [4.69, 9.17) is 4.74 Å². The minimum Gasteiger partial charge on any atom is -0.494 e. The average Bonchev–Trinajstić information content (AvgIpc) is 2.99. The van der Waals surface area contributed by atoms with E-state index >= 15 is 0 Å². The summed E-state index contributed by atoms with van der Waals surface area (Å²) in [6.07, 6.45) is 2.14. The number of ketones is 1.